The van der Waals surface area contributed by atoms with Gasteiger partial charge in [0.2, 0.25) is 0 Å². The summed E-state index contributed by atoms with van der Waals surface area (Å²) in [6.45, 7) is 10.6. The fraction of sp³-hybridized carbons (Fsp3) is 0.632. The molecule has 0 spiro atoms. The molecule has 1 aromatic heterocycles. The summed E-state index contributed by atoms with van der Waals surface area (Å²) in [6.07, 6.45) is 2.93. The summed E-state index contributed by atoms with van der Waals surface area (Å²) in [7, 11) is 2.03. The van der Waals surface area contributed by atoms with E-state index in [-0.39, 0.29) is 22.4 Å². The first-order chi connectivity index (χ1) is 10.0. The minimum absolute atomic E-state index is 0.00326. The molecular formula is C19H26NO2+. The molecule has 2 aliphatic rings. The van der Waals surface area contributed by atoms with Gasteiger partial charge in [-0.1, -0.05) is 27.7 Å². The Bertz CT molecular complexity index is 654. The van der Waals surface area contributed by atoms with Crippen molar-refractivity contribution in [3.8, 4) is 0 Å². The van der Waals surface area contributed by atoms with Gasteiger partial charge in [-0.3, -0.25) is 9.59 Å². The first-order valence-electron chi connectivity index (χ1n) is 8.13. The number of Topliss-reactive ketones (excluding diaryl/α,β-unsaturated/α-hetero) is 2. The molecule has 3 nitrogen and oxygen atoms in total. The number of nitrogens with zero attached hydrogens (tertiary/aromatic N) is 1. The molecule has 0 unspecified atom stereocenters. The predicted molar refractivity (Wildman–Crippen MR) is 85.2 cm³/mol. The molecule has 0 radical (unpaired) electrons. The molecule has 1 aromatic rings. The van der Waals surface area contributed by atoms with Crippen LogP contribution in [0.5, 0.6) is 0 Å². The standard InChI is InChI=1S/C19H26NO2/c1-11-16-12(7-18(2,3)9-14(16)21)20(6)13-8-19(4,5)10-15(22)17(11)13/h7-10H2,1-6H3/q+1. The molecule has 118 valence electrons. The van der Waals surface area contributed by atoms with Crippen LogP contribution in [0.4, 0.5) is 0 Å². The molecule has 0 aliphatic heterocycles. The molecule has 0 fully saturated rings. The zero-order valence-electron chi connectivity index (χ0n) is 14.6. The molecule has 3 heteroatoms. The van der Waals surface area contributed by atoms with Gasteiger partial charge < -0.3 is 0 Å². The number of fused-ring (bicyclic) bond motifs is 2. The van der Waals surface area contributed by atoms with Crippen molar-refractivity contribution < 1.29 is 14.2 Å². The van der Waals surface area contributed by atoms with Gasteiger partial charge in [0, 0.05) is 25.7 Å². The molecule has 0 bridgehead atoms. The second kappa shape index (κ2) is 4.50. The Morgan fingerprint density at radius 3 is 1.50 bits per heavy atom. The Balaban J connectivity index is 2.31. The summed E-state index contributed by atoms with van der Waals surface area (Å²) in [6, 6.07) is 0. The van der Waals surface area contributed by atoms with Crippen LogP contribution in [-0.4, -0.2) is 11.6 Å². The third kappa shape index (κ3) is 2.22. The van der Waals surface area contributed by atoms with Gasteiger partial charge in [0.25, 0.3) is 0 Å². The smallest absolute Gasteiger partial charge is 0.193 e. The van der Waals surface area contributed by atoms with Gasteiger partial charge in [0.05, 0.1) is 11.1 Å². The van der Waals surface area contributed by atoms with Crippen molar-refractivity contribution in [2.45, 2.75) is 60.3 Å². The summed E-state index contributed by atoms with van der Waals surface area (Å²) >= 11 is 0. The van der Waals surface area contributed by atoms with E-state index >= 15 is 0 Å². The highest BCUT2D eigenvalue weighted by Gasteiger charge is 2.44. The fourth-order valence-electron chi connectivity index (χ4n) is 4.29. The number of carbonyl (C=O) groups excluding carboxylic acids is 2. The second-order valence-corrected chi connectivity index (χ2v) is 8.71. The van der Waals surface area contributed by atoms with E-state index in [0.29, 0.717) is 12.8 Å². The van der Waals surface area contributed by atoms with Crippen LogP contribution in [-0.2, 0) is 19.9 Å². The van der Waals surface area contributed by atoms with E-state index in [1.165, 1.54) is 0 Å². The van der Waals surface area contributed by atoms with Crippen LogP contribution < -0.4 is 4.57 Å². The largest absolute Gasteiger partial charge is 0.294 e. The highest BCUT2D eigenvalue weighted by molar-refractivity contribution is 6.05. The van der Waals surface area contributed by atoms with Crippen LogP contribution in [0.2, 0.25) is 0 Å². The van der Waals surface area contributed by atoms with Gasteiger partial charge in [-0.25, -0.2) is 4.57 Å². The van der Waals surface area contributed by atoms with Gasteiger partial charge in [0.1, 0.15) is 7.05 Å². The quantitative estimate of drug-likeness (QED) is 0.690. The Hall–Kier alpha value is -1.51. The summed E-state index contributed by atoms with van der Waals surface area (Å²) in [5.41, 5.74) is 4.77. The number of carbonyl (C=O) groups is 2. The van der Waals surface area contributed by atoms with Crippen molar-refractivity contribution in [2.24, 2.45) is 17.9 Å². The molecule has 0 saturated carbocycles. The Kier molecular flexibility index (Phi) is 3.15. The fourth-order valence-corrected chi connectivity index (χ4v) is 4.29. The highest BCUT2D eigenvalue weighted by Crippen LogP contribution is 2.40. The lowest BCUT2D eigenvalue weighted by Gasteiger charge is -2.33. The topological polar surface area (TPSA) is 38.0 Å². The molecule has 22 heavy (non-hydrogen) atoms. The molecule has 0 saturated heterocycles. The molecule has 3 rings (SSSR count). The average molecular weight is 300 g/mol. The van der Waals surface area contributed by atoms with Crippen molar-refractivity contribution in [1.82, 2.24) is 0 Å². The number of pyridine rings is 1. The van der Waals surface area contributed by atoms with Gasteiger partial charge >= 0.3 is 0 Å². The zero-order chi connectivity index (χ0) is 16.4. The predicted octanol–water partition coefficient (Wildman–Crippen LogP) is 3.13. The minimum atomic E-state index is -0.00326. The molecule has 0 atom stereocenters. The van der Waals surface area contributed by atoms with E-state index in [9.17, 15) is 9.59 Å². The van der Waals surface area contributed by atoms with E-state index in [1.807, 2.05) is 14.0 Å². The van der Waals surface area contributed by atoms with Crippen LogP contribution >= 0.6 is 0 Å². The molecule has 2 aliphatic carbocycles. The lowest BCUT2D eigenvalue weighted by atomic mass is 9.70. The normalized spacial score (nSPS) is 22.3. The summed E-state index contributed by atoms with van der Waals surface area (Å²) in [5, 5.41) is 0. The van der Waals surface area contributed by atoms with Gasteiger partial charge in [-0.05, 0) is 23.3 Å². The van der Waals surface area contributed by atoms with Crippen LogP contribution in [0, 0.1) is 17.8 Å². The Morgan fingerprint density at radius 1 is 0.773 bits per heavy atom. The maximum absolute atomic E-state index is 12.7. The minimum Gasteiger partial charge on any atom is -0.294 e. The molecule has 0 amide bonds. The molecule has 1 heterocycles. The zero-order valence-corrected chi connectivity index (χ0v) is 14.6. The van der Waals surface area contributed by atoms with Crippen molar-refractivity contribution in [3.05, 3.63) is 28.1 Å². The van der Waals surface area contributed by atoms with Crippen LogP contribution in [0.1, 0.15) is 78.2 Å². The number of aromatic nitrogens is 1. The average Bonchev–Trinajstić information content (AvgIpc) is 2.31. The van der Waals surface area contributed by atoms with Crippen LogP contribution in [0.3, 0.4) is 0 Å². The SMILES string of the molecule is Cc1c2c([n+](C)c3c1C(=O)CC(C)(C)C3)CC(C)(C)CC2=O. The second-order valence-electron chi connectivity index (χ2n) is 8.71. The maximum Gasteiger partial charge on any atom is 0.193 e. The lowest BCUT2D eigenvalue weighted by molar-refractivity contribution is -0.688. The Labute approximate surface area is 132 Å². The van der Waals surface area contributed by atoms with Crippen molar-refractivity contribution >= 4 is 11.6 Å². The van der Waals surface area contributed by atoms with Crippen molar-refractivity contribution in [3.63, 3.8) is 0 Å². The van der Waals surface area contributed by atoms with E-state index in [1.54, 1.807) is 0 Å². The van der Waals surface area contributed by atoms with E-state index < -0.39 is 0 Å². The number of rotatable bonds is 0. The molecular weight excluding hydrogens is 274 g/mol. The lowest BCUT2D eigenvalue weighted by Crippen LogP contribution is -2.49. The van der Waals surface area contributed by atoms with Gasteiger partial charge in [-0.2, -0.15) is 0 Å². The number of hydrogen-bond acceptors (Lipinski definition) is 2. The third-order valence-corrected chi connectivity index (χ3v) is 5.26. The van der Waals surface area contributed by atoms with Crippen LogP contribution in [0.25, 0.3) is 0 Å². The van der Waals surface area contributed by atoms with E-state index in [4.69, 9.17) is 0 Å². The number of hydrogen-bond donors (Lipinski definition) is 0. The number of ketones is 2. The highest BCUT2D eigenvalue weighted by atomic mass is 16.1. The Morgan fingerprint density at radius 2 is 1.14 bits per heavy atom. The van der Waals surface area contributed by atoms with Gasteiger partial charge in [-0.15, -0.1) is 0 Å². The van der Waals surface area contributed by atoms with E-state index in [0.717, 1.165) is 40.9 Å². The van der Waals surface area contributed by atoms with E-state index in [2.05, 4.69) is 32.3 Å². The van der Waals surface area contributed by atoms with Crippen molar-refractivity contribution in [1.29, 1.82) is 0 Å². The van der Waals surface area contributed by atoms with Crippen LogP contribution in [0.15, 0.2) is 0 Å². The first-order valence-corrected chi connectivity index (χ1v) is 8.13. The first kappa shape index (κ1) is 15.4. The molecule has 0 N–H and O–H groups in total. The summed E-state index contributed by atoms with van der Waals surface area (Å²) in [4.78, 5) is 25.3. The monoisotopic (exact) mass is 300 g/mol. The maximum atomic E-state index is 12.7. The third-order valence-electron chi connectivity index (χ3n) is 5.26. The summed E-state index contributed by atoms with van der Waals surface area (Å²) < 4.78 is 2.15. The van der Waals surface area contributed by atoms with Crippen molar-refractivity contribution in [2.75, 3.05) is 0 Å². The summed E-state index contributed by atoms with van der Waals surface area (Å²) in [5.74, 6) is 0.388. The molecule has 0 aromatic carbocycles. The van der Waals surface area contributed by atoms with Gasteiger partial charge in [0.15, 0.2) is 23.0 Å².